The largest absolute Gasteiger partial charge is 0.462 e. The Balaban J connectivity index is 4.09. The van der Waals surface area contributed by atoms with E-state index >= 15 is 0 Å². The molecule has 0 aromatic rings. The number of hydrogen-bond donors (Lipinski definition) is 0. The van der Waals surface area contributed by atoms with E-state index in [2.05, 4.69) is 20.8 Å². The van der Waals surface area contributed by atoms with Gasteiger partial charge in [-0.25, -0.2) is 0 Å². The topological polar surface area (TPSA) is 61.8 Å². The second-order valence-corrected chi connectivity index (χ2v) is 16.7. The van der Waals surface area contributed by atoms with Crippen molar-refractivity contribution in [3.8, 4) is 0 Å². The third-order valence-corrected chi connectivity index (χ3v) is 11.1. The zero-order chi connectivity index (χ0) is 39.3. The third-order valence-electron chi connectivity index (χ3n) is 11.1. The van der Waals surface area contributed by atoms with Crippen molar-refractivity contribution in [3.05, 3.63) is 0 Å². The molecule has 0 saturated carbocycles. The maximum absolute atomic E-state index is 12.7. The fourth-order valence-corrected chi connectivity index (χ4v) is 7.45. The van der Waals surface area contributed by atoms with E-state index < -0.39 is 6.10 Å². The Labute approximate surface area is 338 Å². The fraction of sp³-hybridized carbons (Fsp3) is 0.959. The maximum atomic E-state index is 12.7. The molecular weight excluding hydrogens is 669 g/mol. The van der Waals surface area contributed by atoms with Crippen molar-refractivity contribution in [2.75, 3.05) is 19.8 Å². The molecule has 0 aromatic carbocycles. The van der Waals surface area contributed by atoms with E-state index in [1.807, 2.05) is 0 Å². The Morgan fingerprint density at radius 1 is 0.333 bits per heavy atom. The van der Waals surface area contributed by atoms with Crippen LogP contribution in [-0.4, -0.2) is 37.9 Å². The minimum Gasteiger partial charge on any atom is -0.462 e. The van der Waals surface area contributed by atoms with Gasteiger partial charge in [0.25, 0.3) is 0 Å². The average molecular weight is 765 g/mol. The highest BCUT2D eigenvalue weighted by Gasteiger charge is 2.17. The van der Waals surface area contributed by atoms with Crippen molar-refractivity contribution in [1.82, 2.24) is 0 Å². The van der Waals surface area contributed by atoms with Gasteiger partial charge in [0.2, 0.25) is 0 Å². The van der Waals surface area contributed by atoms with E-state index in [9.17, 15) is 9.59 Å². The van der Waals surface area contributed by atoms with Crippen LogP contribution in [0.4, 0.5) is 0 Å². The van der Waals surface area contributed by atoms with Crippen LogP contribution in [0.2, 0.25) is 0 Å². The third kappa shape index (κ3) is 43.6. The summed E-state index contributed by atoms with van der Waals surface area (Å²) in [4.78, 5) is 25.3. The van der Waals surface area contributed by atoms with Gasteiger partial charge in [0.15, 0.2) is 6.10 Å². The first-order valence-corrected chi connectivity index (χ1v) is 24.6. The lowest BCUT2D eigenvalue weighted by atomic mass is 10.0. The maximum Gasteiger partial charge on any atom is 0.306 e. The van der Waals surface area contributed by atoms with Crippen molar-refractivity contribution in [2.45, 2.75) is 284 Å². The van der Waals surface area contributed by atoms with Crippen LogP contribution in [-0.2, 0) is 23.8 Å². The molecule has 0 aliphatic carbocycles. The Morgan fingerprint density at radius 2 is 0.611 bits per heavy atom. The number of unbranched alkanes of at least 4 members (excludes halogenated alkanes) is 35. The second-order valence-electron chi connectivity index (χ2n) is 16.7. The smallest absolute Gasteiger partial charge is 0.306 e. The van der Waals surface area contributed by atoms with Gasteiger partial charge in [0, 0.05) is 19.4 Å². The van der Waals surface area contributed by atoms with Gasteiger partial charge in [-0.05, 0) is 19.3 Å². The summed E-state index contributed by atoms with van der Waals surface area (Å²) >= 11 is 0. The van der Waals surface area contributed by atoms with Crippen LogP contribution in [0.5, 0.6) is 0 Å². The van der Waals surface area contributed by atoms with E-state index in [4.69, 9.17) is 14.2 Å². The van der Waals surface area contributed by atoms with Crippen LogP contribution < -0.4 is 0 Å². The van der Waals surface area contributed by atoms with Crippen LogP contribution in [0.25, 0.3) is 0 Å². The molecule has 0 amide bonds. The molecule has 0 rings (SSSR count). The zero-order valence-corrected chi connectivity index (χ0v) is 37.0. The molecule has 0 bridgehead atoms. The van der Waals surface area contributed by atoms with E-state index in [0.29, 0.717) is 26.1 Å². The molecule has 54 heavy (non-hydrogen) atoms. The van der Waals surface area contributed by atoms with Crippen LogP contribution in [0.15, 0.2) is 0 Å². The Morgan fingerprint density at radius 3 is 0.944 bits per heavy atom. The molecule has 5 heteroatoms. The first-order valence-electron chi connectivity index (χ1n) is 24.6. The minimum atomic E-state index is -0.520. The number of carbonyl (C=O) groups is 2. The van der Waals surface area contributed by atoms with Gasteiger partial charge in [-0.2, -0.15) is 0 Å². The molecule has 0 N–H and O–H groups in total. The first kappa shape index (κ1) is 52.9. The summed E-state index contributed by atoms with van der Waals surface area (Å²) in [5, 5.41) is 0. The van der Waals surface area contributed by atoms with Gasteiger partial charge < -0.3 is 14.2 Å². The summed E-state index contributed by atoms with van der Waals surface area (Å²) in [7, 11) is 0. The van der Waals surface area contributed by atoms with E-state index in [1.165, 1.54) is 212 Å². The molecule has 1 atom stereocenters. The van der Waals surface area contributed by atoms with Gasteiger partial charge >= 0.3 is 11.9 Å². The predicted octanol–water partition coefficient (Wildman–Crippen LogP) is 16.1. The van der Waals surface area contributed by atoms with Gasteiger partial charge in [0.05, 0.1) is 6.61 Å². The predicted molar refractivity (Wildman–Crippen MR) is 233 cm³/mol. The van der Waals surface area contributed by atoms with Crippen LogP contribution in [0.3, 0.4) is 0 Å². The monoisotopic (exact) mass is 765 g/mol. The number of hydrogen-bond acceptors (Lipinski definition) is 5. The number of ether oxygens (including phenoxy) is 3. The fourth-order valence-electron chi connectivity index (χ4n) is 7.45. The molecule has 322 valence electrons. The number of esters is 2. The lowest BCUT2D eigenvalue weighted by molar-refractivity contribution is -0.163. The van der Waals surface area contributed by atoms with Crippen molar-refractivity contribution in [2.24, 2.45) is 0 Å². The lowest BCUT2D eigenvalue weighted by Crippen LogP contribution is -2.30. The van der Waals surface area contributed by atoms with Crippen LogP contribution in [0, 0.1) is 0 Å². The Kier molecular flexibility index (Phi) is 45.3. The molecule has 0 aliphatic rings. The summed E-state index contributed by atoms with van der Waals surface area (Å²) < 4.78 is 17.3. The minimum absolute atomic E-state index is 0.0968. The first-order chi connectivity index (χ1) is 26.6. The van der Waals surface area contributed by atoms with E-state index in [-0.39, 0.29) is 18.5 Å². The van der Waals surface area contributed by atoms with Crippen LogP contribution in [0.1, 0.15) is 278 Å². The highest BCUT2D eigenvalue weighted by Crippen LogP contribution is 2.16. The highest BCUT2D eigenvalue weighted by molar-refractivity contribution is 5.70. The highest BCUT2D eigenvalue weighted by atomic mass is 16.6. The molecule has 0 fully saturated rings. The van der Waals surface area contributed by atoms with Gasteiger partial charge in [0.1, 0.15) is 6.61 Å². The Bertz CT molecular complexity index is 740. The standard InChI is InChI=1S/C49H96O5/c1-4-7-10-13-16-19-21-23-24-25-26-28-29-31-33-36-39-42-48(50)53-46-47(45-52-44-41-38-35-18-15-12-9-6-3)54-49(51)43-40-37-34-32-30-27-22-20-17-14-11-8-5-2/h47H,4-46H2,1-3H3. The second kappa shape index (κ2) is 46.3. The molecule has 5 nitrogen and oxygen atoms in total. The number of carbonyl (C=O) groups excluding carboxylic acids is 2. The van der Waals surface area contributed by atoms with Gasteiger partial charge in [-0.1, -0.05) is 245 Å². The number of rotatable bonds is 46. The van der Waals surface area contributed by atoms with Crippen LogP contribution >= 0.6 is 0 Å². The molecule has 0 spiro atoms. The summed E-state index contributed by atoms with van der Waals surface area (Å²) in [6.07, 6.45) is 49.6. The summed E-state index contributed by atoms with van der Waals surface area (Å²) in [5.74, 6) is -0.375. The van der Waals surface area contributed by atoms with Crippen molar-refractivity contribution in [1.29, 1.82) is 0 Å². The quantitative estimate of drug-likeness (QED) is 0.0456. The molecule has 0 heterocycles. The van der Waals surface area contributed by atoms with Crippen molar-refractivity contribution < 1.29 is 23.8 Å². The summed E-state index contributed by atoms with van der Waals surface area (Å²) in [6, 6.07) is 0. The van der Waals surface area contributed by atoms with Crippen molar-refractivity contribution in [3.63, 3.8) is 0 Å². The molecule has 0 aliphatic heterocycles. The van der Waals surface area contributed by atoms with Crippen molar-refractivity contribution >= 4 is 11.9 Å². The zero-order valence-electron chi connectivity index (χ0n) is 37.0. The summed E-state index contributed by atoms with van der Waals surface area (Å²) in [6.45, 7) is 7.87. The molecule has 1 unspecified atom stereocenters. The normalized spacial score (nSPS) is 12.0. The molecule has 0 radical (unpaired) electrons. The molecular formula is C49H96O5. The summed E-state index contributed by atoms with van der Waals surface area (Å²) in [5.41, 5.74) is 0. The lowest BCUT2D eigenvalue weighted by Gasteiger charge is -2.18. The Hall–Kier alpha value is -1.10. The average Bonchev–Trinajstić information content (AvgIpc) is 3.17. The van der Waals surface area contributed by atoms with E-state index in [0.717, 1.165) is 32.1 Å². The van der Waals surface area contributed by atoms with Gasteiger partial charge in [-0.3, -0.25) is 9.59 Å². The van der Waals surface area contributed by atoms with Gasteiger partial charge in [-0.15, -0.1) is 0 Å². The molecule has 0 aromatic heterocycles. The molecule has 0 saturated heterocycles. The SMILES string of the molecule is CCCCCCCCCCCCCCCCCCCC(=O)OCC(COCCCCCCCCCC)OC(=O)CCCCCCCCCCCCCCC. The van der Waals surface area contributed by atoms with E-state index in [1.54, 1.807) is 0 Å².